The van der Waals surface area contributed by atoms with Crippen LogP contribution < -0.4 is 0 Å². The zero-order valence-electron chi connectivity index (χ0n) is 10.4. The Balaban J connectivity index is 2.23. The van der Waals surface area contributed by atoms with Crippen LogP contribution in [0.2, 0.25) is 0 Å². The SMILES string of the molecule is Cc1nccn1Cc1ccccc1C#CCCO. The zero-order chi connectivity index (χ0) is 12.8. The Labute approximate surface area is 107 Å². The molecule has 2 aromatic rings. The van der Waals surface area contributed by atoms with Crippen LogP contribution in [-0.2, 0) is 6.54 Å². The van der Waals surface area contributed by atoms with Gasteiger partial charge in [0.1, 0.15) is 5.82 Å². The van der Waals surface area contributed by atoms with E-state index in [-0.39, 0.29) is 6.61 Å². The Hall–Kier alpha value is -2.05. The summed E-state index contributed by atoms with van der Waals surface area (Å²) in [6, 6.07) is 8.07. The zero-order valence-corrected chi connectivity index (χ0v) is 10.4. The van der Waals surface area contributed by atoms with Gasteiger partial charge >= 0.3 is 0 Å². The third-order valence-corrected chi connectivity index (χ3v) is 2.74. The van der Waals surface area contributed by atoms with E-state index >= 15 is 0 Å². The summed E-state index contributed by atoms with van der Waals surface area (Å²) in [5.41, 5.74) is 2.18. The topological polar surface area (TPSA) is 38.0 Å². The molecule has 1 aromatic heterocycles. The number of hydrogen-bond acceptors (Lipinski definition) is 2. The van der Waals surface area contributed by atoms with Gasteiger partial charge in [0, 0.05) is 30.9 Å². The molecule has 18 heavy (non-hydrogen) atoms. The first kappa shape index (κ1) is 12.4. The van der Waals surface area contributed by atoms with Gasteiger partial charge in [-0.1, -0.05) is 30.0 Å². The second kappa shape index (κ2) is 6.04. The van der Waals surface area contributed by atoms with E-state index in [4.69, 9.17) is 5.11 Å². The fourth-order valence-electron chi connectivity index (χ4n) is 1.75. The van der Waals surface area contributed by atoms with Gasteiger partial charge in [-0.15, -0.1) is 0 Å². The number of benzene rings is 1. The number of imidazole rings is 1. The number of aromatic nitrogens is 2. The quantitative estimate of drug-likeness (QED) is 0.833. The molecule has 0 bridgehead atoms. The lowest BCUT2D eigenvalue weighted by Crippen LogP contribution is -2.02. The lowest BCUT2D eigenvalue weighted by Gasteiger charge is -2.07. The van der Waals surface area contributed by atoms with Crippen LogP contribution in [-0.4, -0.2) is 21.3 Å². The standard InChI is InChI=1S/C15H16N2O/c1-13-16-9-10-17(13)12-15-8-3-2-6-14(15)7-4-5-11-18/h2-3,6,8-10,18H,5,11-12H2,1H3. The second-order valence-electron chi connectivity index (χ2n) is 4.03. The summed E-state index contributed by atoms with van der Waals surface area (Å²) in [5, 5.41) is 8.74. The van der Waals surface area contributed by atoms with Crippen molar-refractivity contribution in [3.8, 4) is 11.8 Å². The molecule has 0 aliphatic carbocycles. The van der Waals surface area contributed by atoms with Crippen molar-refractivity contribution < 1.29 is 5.11 Å². The van der Waals surface area contributed by atoms with E-state index in [1.54, 1.807) is 6.20 Å². The predicted molar refractivity (Wildman–Crippen MR) is 71.1 cm³/mol. The smallest absolute Gasteiger partial charge is 0.105 e. The van der Waals surface area contributed by atoms with E-state index in [2.05, 4.69) is 27.5 Å². The Morgan fingerprint density at radius 2 is 2.17 bits per heavy atom. The fourth-order valence-corrected chi connectivity index (χ4v) is 1.75. The van der Waals surface area contributed by atoms with E-state index in [0.717, 1.165) is 17.9 Å². The van der Waals surface area contributed by atoms with Gasteiger partial charge in [0.15, 0.2) is 0 Å². The van der Waals surface area contributed by atoms with Crippen molar-refractivity contribution in [2.75, 3.05) is 6.61 Å². The largest absolute Gasteiger partial charge is 0.395 e. The van der Waals surface area contributed by atoms with Crippen LogP contribution in [0.4, 0.5) is 0 Å². The monoisotopic (exact) mass is 240 g/mol. The molecule has 0 amide bonds. The molecular formula is C15H16N2O. The molecule has 3 heteroatoms. The van der Waals surface area contributed by atoms with Gasteiger partial charge in [-0.25, -0.2) is 4.98 Å². The number of aliphatic hydroxyl groups excluding tert-OH is 1. The van der Waals surface area contributed by atoms with Crippen molar-refractivity contribution in [2.24, 2.45) is 0 Å². The minimum atomic E-state index is 0.107. The molecule has 1 aromatic carbocycles. The van der Waals surface area contributed by atoms with Gasteiger partial charge in [0.25, 0.3) is 0 Å². The highest BCUT2D eigenvalue weighted by Gasteiger charge is 2.02. The van der Waals surface area contributed by atoms with Gasteiger partial charge in [0.2, 0.25) is 0 Å². The fraction of sp³-hybridized carbons (Fsp3) is 0.267. The molecule has 0 unspecified atom stereocenters. The minimum Gasteiger partial charge on any atom is -0.395 e. The van der Waals surface area contributed by atoms with E-state index in [1.165, 1.54) is 5.56 Å². The van der Waals surface area contributed by atoms with Crippen LogP contribution >= 0.6 is 0 Å². The molecule has 92 valence electrons. The third-order valence-electron chi connectivity index (χ3n) is 2.74. The molecule has 0 aliphatic rings. The van der Waals surface area contributed by atoms with Gasteiger partial charge in [0.05, 0.1) is 6.61 Å². The highest BCUT2D eigenvalue weighted by Crippen LogP contribution is 2.10. The molecule has 0 saturated heterocycles. The highest BCUT2D eigenvalue weighted by atomic mass is 16.2. The summed E-state index contributed by atoms with van der Waals surface area (Å²) in [6.07, 6.45) is 4.28. The van der Waals surface area contributed by atoms with Crippen LogP contribution in [0.15, 0.2) is 36.7 Å². The first-order valence-electron chi connectivity index (χ1n) is 5.96. The predicted octanol–water partition coefficient (Wildman–Crippen LogP) is 1.97. The molecule has 0 fully saturated rings. The Kier molecular flexibility index (Phi) is 4.16. The van der Waals surface area contributed by atoms with E-state index < -0.39 is 0 Å². The summed E-state index contributed by atoms with van der Waals surface area (Å²) in [4.78, 5) is 4.21. The Morgan fingerprint density at radius 1 is 1.33 bits per heavy atom. The lowest BCUT2D eigenvalue weighted by molar-refractivity contribution is 0.305. The molecule has 2 rings (SSSR count). The van der Waals surface area contributed by atoms with Crippen molar-refractivity contribution in [1.82, 2.24) is 9.55 Å². The number of hydrogen-bond donors (Lipinski definition) is 1. The molecule has 0 saturated carbocycles. The average molecular weight is 240 g/mol. The van der Waals surface area contributed by atoms with E-state index in [9.17, 15) is 0 Å². The first-order valence-corrected chi connectivity index (χ1v) is 5.96. The van der Waals surface area contributed by atoms with Crippen molar-refractivity contribution in [2.45, 2.75) is 19.9 Å². The molecule has 1 heterocycles. The van der Waals surface area contributed by atoms with Crippen molar-refractivity contribution >= 4 is 0 Å². The van der Waals surface area contributed by atoms with Gasteiger partial charge < -0.3 is 9.67 Å². The maximum absolute atomic E-state index is 8.74. The molecular weight excluding hydrogens is 224 g/mol. The normalized spacial score (nSPS) is 9.89. The molecule has 0 aliphatic heterocycles. The van der Waals surface area contributed by atoms with Crippen molar-refractivity contribution in [3.05, 3.63) is 53.6 Å². The number of aliphatic hydroxyl groups is 1. The van der Waals surface area contributed by atoms with Crippen LogP contribution in [0.25, 0.3) is 0 Å². The van der Waals surface area contributed by atoms with Gasteiger partial charge in [-0.3, -0.25) is 0 Å². The lowest BCUT2D eigenvalue weighted by atomic mass is 10.1. The average Bonchev–Trinajstić information content (AvgIpc) is 2.78. The van der Waals surface area contributed by atoms with Gasteiger partial charge in [-0.05, 0) is 18.6 Å². The van der Waals surface area contributed by atoms with Crippen LogP contribution in [0.3, 0.4) is 0 Å². The van der Waals surface area contributed by atoms with Crippen molar-refractivity contribution in [3.63, 3.8) is 0 Å². The minimum absolute atomic E-state index is 0.107. The van der Waals surface area contributed by atoms with Crippen molar-refractivity contribution in [1.29, 1.82) is 0 Å². The van der Waals surface area contributed by atoms with Crippen LogP contribution in [0, 0.1) is 18.8 Å². The maximum atomic E-state index is 8.74. The summed E-state index contributed by atoms with van der Waals surface area (Å²) < 4.78 is 2.09. The molecule has 0 radical (unpaired) electrons. The number of rotatable bonds is 3. The Morgan fingerprint density at radius 3 is 2.89 bits per heavy atom. The van der Waals surface area contributed by atoms with E-state index in [0.29, 0.717) is 6.42 Å². The highest BCUT2D eigenvalue weighted by molar-refractivity contribution is 5.41. The van der Waals surface area contributed by atoms with E-state index in [1.807, 2.05) is 31.3 Å². The molecule has 0 spiro atoms. The van der Waals surface area contributed by atoms with Gasteiger partial charge in [-0.2, -0.15) is 0 Å². The summed E-state index contributed by atoms with van der Waals surface area (Å²) in [7, 11) is 0. The molecule has 3 nitrogen and oxygen atoms in total. The summed E-state index contributed by atoms with van der Waals surface area (Å²) in [5.74, 6) is 7.06. The van der Waals surface area contributed by atoms with Crippen LogP contribution in [0.1, 0.15) is 23.4 Å². The molecule has 1 N–H and O–H groups in total. The first-order chi connectivity index (χ1) is 8.81. The number of aryl methyl sites for hydroxylation is 1. The number of nitrogens with zero attached hydrogens (tertiary/aromatic N) is 2. The summed E-state index contributed by atoms with van der Waals surface area (Å²) >= 11 is 0. The Bertz CT molecular complexity index is 575. The molecule has 0 atom stereocenters. The third kappa shape index (κ3) is 2.99. The second-order valence-corrected chi connectivity index (χ2v) is 4.03. The van der Waals surface area contributed by atoms with Crippen LogP contribution in [0.5, 0.6) is 0 Å². The summed E-state index contributed by atoms with van der Waals surface area (Å²) in [6.45, 7) is 2.87. The maximum Gasteiger partial charge on any atom is 0.105 e.